The molecule has 0 radical (unpaired) electrons. The third kappa shape index (κ3) is 3.26. The standard InChI is InChI=1S/C15H13N3O3S/c1-20-11-7-8-12-13(9-11)22-15(16-12)17-14(19)18-21-10-5-3-2-4-6-10/h2-9H,1H3,(H2,16,17,18,19). The summed E-state index contributed by atoms with van der Waals surface area (Å²) >= 11 is 1.36. The molecule has 0 spiro atoms. The maximum atomic E-state index is 11.8. The van der Waals surface area contributed by atoms with Gasteiger partial charge in [0.15, 0.2) is 10.9 Å². The van der Waals surface area contributed by atoms with Gasteiger partial charge in [-0.25, -0.2) is 9.78 Å². The number of hydrogen-bond acceptors (Lipinski definition) is 5. The van der Waals surface area contributed by atoms with Crippen molar-refractivity contribution < 1.29 is 14.4 Å². The van der Waals surface area contributed by atoms with Crippen molar-refractivity contribution in [2.75, 3.05) is 12.4 Å². The largest absolute Gasteiger partial charge is 0.497 e. The summed E-state index contributed by atoms with van der Waals surface area (Å²) in [6, 6.07) is 14.0. The molecule has 0 unspecified atom stereocenters. The van der Waals surface area contributed by atoms with Gasteiger partial charge in [-0.05, 0) is 30.3 Å². The maximum absolute atomic E-state index is 11.8. The molecule has 0 aliphatic rings. The second-order valence-electron chi connectivity index (χ2n) is 4.32. The first kappa shape index (κ1) is 14.2. The number of hydroxylamine groups is 1. The average Bonchev–Trinajstić information content (AvgIpc) is 2.95. The number of ether oxygens (including phenoxy) is 1. The van der Waals surface area contributed by atoms with Crippen molar-refractivity contribution in [3.63, 3.8) is 0 Å². The number of nitrogens with one attached hydrogen (secondary N) is 2. The molecule has 22 heavy (non-hydrogen) atoms. The van der Waals surface area contributed by atoms with Gasteiger partial charge in [0.25, 0.3) is 0 Å². The molecule has 1 aromatic heterocycles. The van der Waals surface area contributed by atoms with Gasteiger partial charge in [0, 0.05) is 0 Å². The molecular formula is C15H13N3O3S. The highest BCUT2D eigenvalue weighted by Crippen LogP contribution is 2.29. The Morgan fingerprint density at radius 1 is 1.14 bits per heavy atom. The monoisotopic (exact) mass is 315 g/mol. The van der Waals surface area contributed by atoms with E-state index in [4.69, 9.17) is 9.57 Å². The number of urea groups is 1. The van der Waals surface area contributed by atoms with Crippen LogP contribution in [0, 0.1) is 0 Å². The molecule has 0 fully saturated rings. The molecule has 0 saturated carbocycles. The number of aromatic nitrogens is 1. The third-order valence-electron chi connectivity index (χ3n) is 2.82. The number of methoxy groups -OCH3 is 1. The van der Waals surface area contributed by atoms with Crippen molar-refractivity contribution in [2.45, 2.75) is 0 Å². The molecule has 7 heteroatoms. The van der Waals surface area contributed by atoms with E-state index in [0.717, 1.165) is 16.0 Å². The molecule has 0 aliphatic heterocycles. The number of amides is 2. The highest BCUT2D eigenvalue weighted by Gasteiger charge is 2.08. The van der Waals surface area contributed by atoms with Crippen LogP contribution in [0.2, 0.25) is 0 Å². The zero-order valence-corrected chi connectivity index (χ0v) is 12.5. The number of carbonyl (C=O) groups is 1. The average molecular weight is 315 g/mol. The summed E-state index contributed by atoms with van der Waals surface area (Å²) in [5.41, 5.74) is 3.10. The molecule has 0 atom stereocenters. The number of thiazole rings is 1. The lowest BCUT2D eigenvalue weighted by Crippen LogP contribution is -2.31. The van der Waals surface area contributed by atoms with Crippen LogP contribution in [-0.2, 0) is 0 Å². The van der Waals surface area contributed by atoms with Crippen LogP contribution in [0.3, 0.4) is 0 Å². The number of hydrogen-bond donors (Lipinski definition) is 2. The summed E-state index contributed by atoms with van der Waals surface area (Å²) in [5, 5.41) is 3.11. The molecular weight excluding hydrogens is 302 g/mol. The van der Waals surface area contributed by atoms with Crippen molar-refractivity contribution in [3.8, 4) is 11.5 Å². The predicted octanol–water partition coefficient (Wildman–Crippen LogP) is 3.42. The Morgan fingerprint density at radius 2 is 1.95 bits per heavy atom. The van der Waals surface area contributed by atoms with Crippen LogP contribution in [0.1, 0.15) is 0 Å². The van der Waals surface area contributed by atoms with Crippen molar-refractivity contribution in [1.82, 2.24) is 10.5 Å². The lowest BCUT2D eigenvalue weighted by molar-refractivity contribution is 0.189. The first-order valence-electron chi connectivity index (χ1n) is 6.48. The van der Waals surface area contributed by atoms with Gasteiger partial charge in [-0.1, -0.05) is 29.5 Å². The van der Waals surface area contributed by atoms with Gasteiger partial charge in [-0.15, -0.1) is 0 Å². The van der Waals surface area contributed by atoms with E-state index >= 15 is 0 Å². The van der Waals surface area contributed by atoms with Crippen molar-refractivity contribution >= 4 is 32.7 Å². The van der Waals surface area contributed by atoms with Crippen LogP contribution in [0.15, 0.2) is 48.5 Å². The van der Waals surface area contributed by atoms with E-state index in [9.17, 15) is 4.79 Å². The number of anilines is 1. The number of para-hydroxylation sites is 1. The quantitative estimate of drug-likeness (QED) is 0.724. The van der Waals surface area contributed by atoms with E-state index in [1.807, 2.05) is 36.4 Å². The van der Waals surface area contributed by atoms with Crippen LogP contribution in [0.25, 0.3) is 10.2 Å². The third-order valence-corrected chi connectivity index (χ3v) is 3.75. The SMILES string of the molecule is COc1ccc2nc(NC(=O)NOc3ccccc3)sc2c1. The van der Waals surface area contributed by atoms with E-state index in [-0.39, 0.29) is 0 Å². The summed E-state index contributed by atoms with van der Waals surface area (Å²) in [6.07, 6.45) is 0. The fourth-order valence-corrected chi connectivity index (χ4v) is 2.69. The van der Waals surface area contributed by atoms with Gasteiger partial charge in [0.05, 0.1) is 17.3 Å². The molecule has 2 amide bonds. The normalized spacial score (nSPS) is 10.2. The number of rotatable bonds is 4. The molecule has 3 aromatic rings. The second-order valence-corrected chi connectivity index (χ2v) is 5.35. The summed E-state index contributed by atoms with van der Waals surface area (Å²) in [7, 11) is 1.61. The molecule has 2 aromatic carbocycles. The van der Waals surface area contributed by atoms with E-state index in [1.165, 1.54) is 11.3 Å². The molecule has 0 aliphatic carbocycles. The Labute approximate surface area is 130 Å². The van der Waals surface area contributed by atoms with Gasteiger partial charge in [-0.2, -0.15) is 5.48 Å². The Kier molecular flexibility index (Phi) is 4.06. The number of fused-ring (bicyclic) bond motifs is 1. The van der Waals surface area contributed by atoms with Gasteiger partial charge in [0.2, 0.25) is 0 Å². The Hall–Kier alpha value is -2.80. The minimum Gasteiger partial charge on any atom is -0.497 e. The van der Waals surface area contributed by atoms with Crippen LogP contribution >= 0.6 is 11.3 Å². The molecule has 0 saturated heterocycles. The number of carbonyl (C=O) groups excluding carboxylic acids is 1. The molecule has 6 nitrogen and oxygen atoms in total. The lowest BCUT2D eigenvalue weighted by Gasteiger charge is -2.06. The first-order chi connectivity index (χ1) is 10.7. The molecule has 1 heterocycles. The number of benzene rings is 2. The van der Waals surface area contributed by atoms with Crippen molar-refractivity contribution in [1.29, 1.82) is 0 Å². The van der Waals surface area contributed by atoms with Gasteiger partial charge in [0.1, 0.15) is 5.75 Å². The van der Waals surface area contributed by atoms with E-state index in [2.05, 4.69) is 15.8 Å². The minimum atomic E-state index is -0.491. The molecule has 112 valence electrons. The smallest absolute Gasteiger partial charge is 0.354 e. The molecule has 0 bridgehead atoms. The van der Waals surface area contributed by atoms with Crippen molar-refractivity contribution in [3.05, 3.63) is 48.5 Å². The van der Waals surface area contributed by atoms with Gasteiger partial charge >= 0.3 is 6.03 Å². The molecule has 2 N–H and O–H groups in total. The van der Waals surface area contributed by atoms with E-state index < -0.39 is 6.03 Å². The van der Waals surface area contributed by atoms with Crippen LogP contribution in [0.4, 0.5) is 9.93 Å². The summed E-state index contributed by atoms with van der Waals surface area (Å²) in [4.78, 5) is 21.2. The zero-order chi connectivity index (χ0) is 15.4. The fraction of sp³-hybridized carbons (Fsp3) is 0.0667. The maximum Gasteiger partial charge on any atom is 0.354 e. The second kappa shape index (κ2) is 6.31. The zero-order valence-electron chi connectivity index (χ0n) is 11.7. The topological polar surface area (TPSA) is 72.5 Å². The highest BCUT2D eigenvalue weighted by atomic mass is 32.1. The van der Waals surface area contributed by atoms with Crippen LogP contribution in [0.5, 0.6) is 11.5 Å². The Bertz CT molecular complexity index is 789. The van der Waals surface area contributed by atoms with Gasteiger partial charge in [-0.3, -0.25) is 5.32 Å². The van der Waals surface area contributed by atoms with Crippen LogP contribution in [-0.4, -0.2) is 18.1 Å². The Morgan fingerprint density at radius 3 is 2.73 bits per heavy atom. The van der Waals surface area contributed by atoms with E-state index in [0.29, 0.717) is 10.9 Å². The number of nitrogens with zero attached hydrogens (tertiary/aromatic N) is 1. The predicted molar refractivity (Wildman–Crippen MR) is 85.4 cm³/mol. The highest BCUT2D eigenvalue weighted by molar-refractivity contribution is 7.22. The summed E-state index contributed by atoms with van der Waals surface area (Å²) in [5.74, 6) is 1.30. The minimum absolute atomic E-state index is 0.484. The Balaban J connectivity index is 1.63. The van der Waals surface area contributed by atoms with E-state index in [1.54, 1.807) is 19.2 Å². The summed E-state index contributed by atoms with van der Waals surface area (Å²) < 4.78 is 6.09. The molecule has 3 rings (SSSR count). The van der Waals surface area contributed by atoms with Crippen molar-refractivity contribution in [2.24, 2.45) is 0 Å². The fourth-order valence-electron chi connectivity index (χ4n) is 1.80. The van der Waals surface area contributed by atoms with Crippen LogP contribution < -0.4 is 20.4 Å². The first-order valence-corrected chi connectivity index (χ1v) is 7.30. The van der Waals surface area contributed by atoms with Gasteiger partial charge < -0.3 is 9.57 Å². The lowest BCUT2D eigenvalue weighted by atomic mass is 10.3. The summed E-state index contributed by atoms with van der Waals surface area (Å²) in [6.45, 7) is 0.